The van der Waals surface area contributed by atoms with Crippen LogP contribution >= 0.6 is 0 Å². The maximum atomic E-state index is 9.19. The molecular weight excluding hydrogens is 126 g/mol. The Kier molecular flexibility index (Phi) is 1.73. The minimum Gasteiger partial charge on any atom is -0.512 e. The molecule has 1 aliphatic heterocycles. The van der Waals surface area contributed by atoms with Crippen LogP contribution in [0.4, 0.5) is 0 Å². The van der Waals surface area contributed by atoms with Crippen molar-refractivity contribution in [1.82, 2.24) is 5.32 Å². The zero-order chi connectivity index (χ0) is 7.78. The van der Waals surface area contributed by atoms with Crippen molar-refractivity contribution >= 4 is 0 Å². The van der Waals surface area contributed by atoms with E-state index in [4.69, 9.17) is 0 Å². The van der Waals surface area contributed by atoms with E-state index >= 15 is 0 Å². The summed E-state index contributed by atoms with van der Waals surface area (Å²) in [7, 11) is 0. The van der Waals surface area contributed by atoms with Crippen molar-refractivity contribution in [3.05, 3.63) is 12.3 Å². The van der Waals surface area contributed by atoms with E-state index in [0.29, 0.717) is 11.7 Å². The topological polar surface area (TPSA) is 32.3 Å². The van der Waals surface area contributed by atoms with Crippen LogP contribution in [0.5, 0.6) is 0 Å². The minimum atomic E-state index is -0.106. The fraction of sp³-hybridized carbons (Fsp3) is 0.750. The first-order valence-electron chi connectivity index (χ1n) is 3.64. The van der Waals surface area contributed by atoms with Gasteiger partial charge < -0.3 is 10.4 Å². The van der Waals surface area contributed by atoms with Gasteiger partial charge in [0, 0.05) is 18.5 Å². The van der Waals surface area contributed by atoms with E-state index in [0.717, 1.165) is 13.1 Å². The molecule has 58 valence electrons. The molecule has 0 aromatic carbocycles. The summed E-state index contributed by atoms with van der Waals surface area (Å²) in [6.45, 7) is 9.63. The van der Waals surface area contributed by atoms with Crippen molar-refractivity contribution in [2.24, 2.45) is 11.3 Å². The quantitative estimate of drug-likeness (QED) is 0.568. The average Bonchev–Trinajstić information content (AvgIpc) is 1.57. The second kappa shape index (κ2) is 2.27. The van der Waals surface area contributed by atoms with Crippen LogP contribution in [0.25, 0.3) is 0 Å². The molecule has 1 saturated heterocycles. The Morgan fingerprint density at radius 2 is 2.10 bits per heavy atom. The summed E-state index contributed by atoms with van der Waals surface area (Å²) in [6.07, 6.45) is 0. The molecule has 0 bridgehead atoms. The normalized spacial score (nSPS) is 20.2. The Labute approximate surface area is 61.9 Å². The van der Waals surface area contributed by atoms with Crippen LogP contribution in [0.15, 0.2) is 12.3 Å². The van der Waals surface area contributed by atoms with E-state index in [-0.39, 0.29) is 5.41 Å². The first-order valence-corrected chi connectivity index (χ1v) is 3.64. The molecule has 1 aliphatic rings. The van der Waals surface area contributed by atoms with E-state index in [9.17, 15) is 5.11 Å². The number of hydrogen-bond acceptors (Lipinski definition) is 2. The predicted octanol–water partition coefficient (Wildman–Crippen LogP) is 1.30. The number of allylic oxidation sites excluding steroid dienone is 1. The van der Waals surface area contributed by atoms with E-state index in [1.165, 1.54) is 0 Å². The van der Waals surface area contributed by atoms with E-state index < -0.39 is 0 Å². The van der Waals surface area contributed by atoms with Crippen LogP contribution in [-0.4, -0.2) is 18.2 Å². The maximum absolute atomic E-state index is 9.19. The van der Waals surface area contributed by atoms with Gasteiger partial charge in [0.1, 0.15) is 0 Å². The first-order chi connectivity index (χ1) is 4.55. The summed E-state index contributed by atoms with van der Waals surface area (Å²) in [6, 6.07) is 0. The highest BCUT2D eigenvalue weighted by atomic mass is 16.3. The molecule has 0 aliphatic carbocycles. The molecule has 1 fully saturated rings. The van der Waals surface area contributed by atoms with Crippen molar-refractivity contribution < 1.29 is 5.11 Å². The largest absolute Gasteiger partial charge is 0.512 e. The number of aliphatic hydroxyl groups is 1. The Morgan fingerprint density at radius 3 is 2.20 bits per heavy atom. The van der Waals surface area contributed by atoms with Crippen LogP contribution in [0.3, 0.4) is 0 Å². The molecule has 10 heavy (non-hydrogen) atoms. The number of hydrogen-bond donors (Lipinski definition) is 2. The van der Waals surface area contributed by atoms with Crippen molar-refractivity contribution in [3.63, 3.8) is 0 Å². The lowest BCUT2D eigenvalue weighted by atomic mass is 9.74. The average molecular weight is 141 g/mol. The van der Waals surface area contributed by atoms with Crippen molar-refractivity contribution in [2.75, 3.05) is 13.1 Å². The molecule has 0 saturated carbocycles. The fourth-order valence-electron chi connectivity index (χ4n) is 1.03. The van der Waals surface area contributed by atoms with Gasteiger partial charge in [-0.25, -0.2) is 0 Å². The lowest BCUT2D eigenvalue weighted by Gasteiger charge is -2.40. The van der Waals surface area contributed by atoms with Crippen LogP contribution in [0, 0.1) is 11.3 Å². The van der Waals surface area contributed by atoms with Gasteiger partial charge in [0.25, 0.3) is 0 Å². The van der Waals surface area contributed by atoms with Gasteiger partial charge in [0.15, 0.2) is 0 Å². The first kappa shape index (κ1) is 7.61. The third-order valence-corrected chi connectivity index (χ3v) is 2.55. The molecule has 0 spiro atoms. The molecule has 0 amide bonds. The smallest absolute Gasteiger partial charge is 0.0910 e. The zero-order valence-electron chi connectivity index (χ0n) is 6.65. The molecule has 0 atom stereocenters. The summed E-state index contributed by atoms with van der Waals surface area (Å²) >= 11 is 0. The van der Waals surface area contributed by atoms with Crippen molar-refractivity contribution in [2.45, 2.75) is 13.8 Å². The van der Waals surface area contributed by atoms with Gasteiger partial charge in [0.05, 0.1) is 5.76 Å². The van der Waals surface area contributed by atoms with Gasteiger partial charge in [-0.05, 0) is 5.92 Å². The molecule has 2 heteroatoms. The van der Waals surface area contributed by atoms with Crippen molar-refractivity contribution in [1.29, 1.82) is 0 Å². The van der Waals surface area contributed by atoms with Gasteiger partial charge in [-0.2, -0.15) is 0 Å². The van der Waals surface area contributed by atoms with Crippen LogP contribution in [-0.2, 0) is 0 Å². The Balaban J connectivity index is 2.57. The summed E-state index contributed by atoms with van der Waals surface area (Å²) in [5.41, 5.74) is -0.106. The van der Waals surface area contributed by atoms with Gasteiger partial charge in [0.2, 0.25) is 0 Å². The van der Waals surface area contributed by atoms with Crippen LogP contribution < -0.4 is 5.32 Å². The third-order valence-electron chi connectivity index (χ3n) is 2.55. The van der Waals surface area contributed by atoms with Crippen molar-refractivity contribution in [3.8, 4) is 0 Å². The van der Waals surface area contributed by atoms with Gasteiger partial charge in [-0.15, -0.1) is 0 Å². The molecule has 0 radical (unpaired) electrons. The third kappa shape index (κ3) is 1.03. The summed E-state index contributed by atoms with van der Waals surface area (Å²) in [5, 5.41) is 12.4. The molecule has 0 aromatic heterocycles. The lowest BCUT2D eigenvalue weighted by Crippen LogP contribution is -2.50. The highest BCUT2D eigenvalue weighted by molar-refractivity contribution is 5.03. The van der Waals surface area contributed by atoms with E-state index in [1.54, 1.807) is 0 Å². The second-order valence-corrected chi connectivity index (χ2v) is 3.52. The Morgan fingerprint density at radius 1 is 1.60 bits per heavy atom. The number of aliphatic hydroxyl groups excluding tert-OH is 1. The van der Waals surface area contributed by atoms with E-state index in [2.05, 4.69) is 11.9 Å². The van der Waals surface area contributed by atoms with E-state index in [1.807, 2.05) is 13.8 Å². The monoisotopic (exact) mass is 141 g/mol. The molecular formula is C8H15NO. The van der Waals surface area contributed by atoms with Gasteiger partial charge in [-0.1, -0.05) is 20.4 Å². The van der Waals surface area contributed by atoms with Gasteiger partial charge >= 0.3 is 0 Å². The lowest BCUT2D eigenvalue weighted by molar-refractivity contribution is 0.127. The summed E-state index contributed by atoms with van der Waals surface area (Å²) in [4.78, 5) is 0. The second-order valence-electron chi connectivity index (χ2n) is 3.52. The highest BCUT2D eigenvalue weighted by Crippen LogP contribution is 2.34. The molecule has 1 rings (SSSR count). The SMILES string of the molecule is C=C(O)C(C)(C)C1CNC1. The Hall–Kier alpha value is -0.500. The van der Waals surface area contributed by atoms with Gasteiger partial charge in [-0.3, -0.25) is 0 Å². The standard InChI is InChI=1S/C8H15NO/c1-6(10)8(2,3)7-4-9-5-7/h7,9-10H,1,4-5H2,2-3H3. The molecule has 1 heterocycles. The zero-order valence-corrected chi connectivity index (χ0v) is 6.65. The maximum Gasteiger partial charge on any atom is 0.0910 e. The summed E-state index contributed by atoms with van der Waals surface area (Å²) < 4.78 is 0. The van der Waals surface area contributed by atoms with Crippen LogP contribution in [0.1, 0.15) is 13.8 Å². The number of rotatable bonds is 2. The summed E-state index contributed by atoms with van der Waals surface area (Å²) in [5.74, 6) is 0.865. The minimum absolute atomic E-state index is 0.106. The molecule has 0 aromatic rings. The number of nitrogens with one attached hydrogen (secondary N) is 1. The Bertz CT molecular complexity index is 147. The molecule has 2 nitrogen and oxygen atoms in total. The molecule has 0 unspecified atom stereocenters. The predicted molar refractivity (Wildman–Crippen MR) is 41.9 cm³/mol. The highest BCUT2D eigenvalue weighted by Gasteiger charge is 2.36. The fourth-order valence-corrected chi connectivity index (χ4v) is 1.03. The molecule has 2 N–H and O–H groups in total. The van der Waals surface area contributed by atoms with Crippen LogP contribution in [0.2, 0.25) is 0 Å².